The number of aryl methyl sites for hydroxylation is 1. The van der Waals surface area contributed by atoms with Crippen molar-refractivity contribution >= 4 is 10.8 Å². The van der Waals surface area contributed by atoms with E-state index in [-0.39, 0.29) is 6.04 Å². The highest BCUT2D eigenvalue weighted by Crippen LogP contribution is 2.24. The summed E-state index contributed by atoms with van der Waals surface area (Å²) in [5, 5.41) is 6.13. The molecule has 106 valence electrons. The van der Waals surface area contributed by atoms with E-state index < -0.39 is 0 Å². The Bertz CT molecular complexity index is 747. The Morgan fingerprint density at radius 3 is 2.71 bits per heavy atom. The molecule has 21 heavy (non-hydrogen) atoms. The molecule has 0 bridgehead atoms. The molecule has 0 aliphatic rings. The zero-order chi connectivity index (χ0) is 14.7. The third-order valence-corrected chi connectivity index (χ3v) is 3.71. The smallest absolute Gasteiger partial charge is 0.125 e. The molecule has 3 heteroatoms. The van der Waals surface area contributed by atoms with Crippen molar-refractivity contribution in [3.05, 3.63) is 71.8 Å². The van der Waals surface area contributed by atoms with Gasteiger partial charge in [0.05, 0.1) is 5.69 Å². The number of nitrogens with one attached hydrogen (secondary N) is 1. The molecule has 2 aromatic carbocycles. The third-order valence-electron chi connectivity index (χ3n) is 3.71. The minimum Gasteiger partial charge on any atom is -0.305 e. The monoisotopic (exact) mass is 277 g/mol. The molecule has 1 heterocycles. The molecule has 1 aromatic heterocycles. The highest BCUT2D eigenvalue weighted by molar-refractivity contribution is 5.86. The van der Waals surface area contributed by atoms with Crippen molar-refractivity contribution in [1.82, 2.24) is 15.3 Å². The lowest BCUT2D eigenvalue weighted by Crippen LogP contribution is -2.19. The topological polar surface area (TPSA) is 37.8 Å². The Kier molecular flexibility index (Phi) is 3.93. The lowest BCUT2D eigenvalue weighted by atomic mass is 10.00. The Morgan fingerprint density at radius 2 is 1.86 bits per heavy atom. The molecule has 3 aromatic rings. The van der Waals surface area contributed by atoms with E-state index >= 15 is 0 Å². The van der Waals surface area contributed by atoms with Crippen LogP contribution in [0.3, 0.4) is 0 Å². The van der Waals surface area contributed by atoms with Crippen molar-refractivity contribution in [2.24, 2.45) is 0 Å². The number of benzene rings is 2. The zero-order valence-corrected chi connectivity index (χ0v) is 12.4. The quantitative estimate of drug-likeness (QED) is 0.788. The summed E-state index contributed by atoms with van der Waals surface area (Å²) in [5.74, 6) is 0.812. The maximum atomic E-state index is 4.43. The molecule has 0 saturated carbocycles. The van der Waals surface area contributed by atoms with Crippen molar-refractivity contribution in [3.8, 4) is 0 Å². The lowest BCUT2D eigenvalue weighted by molar-refractivity contribution is 0.569. The van der Waals surface area contributed by atoms with Crippen LogP contribution in [0.5, 0.6) is 0 Å². The molecular formula is C18H19N3. The zero-order valence-electron chi connectivity index (χ0n) is 12.4. The maximum absolute atomic E-state index is 4.43. The SMILES string of the molecule is Cc1nccc(CNC(C)c2cccc3ccccc23)n1. The van der Waals surface area contributed by atoms with Crippen LogP contribution < -0.4 is 5.32 Å². The fraction of sp³-hybridized carbons (Fsp3) is 0.222. The van der Waals surface area contributed by atoms with E-state index in [1.54, 1.807) is 0 Å². The maximum Gasteiger partial charge on any atom is 0.125 e. The average Bonchev–Trinajstić information content (AvgIpc) is 2.52. The summed E-state index contributed by atoms with van der Waals surface area (Å²) in [5.41, 5.74) is 2.34. The second-order valence-corrected chi connectivity index (χ2v) is 5.27. The highest BCUT2D eigenvalue weighted by atomic mass is 14.9. The van der Waals surface area contributed by atoms with E-state index in [1.165, 1.54) is 16.3 Å². The van der Waals surface area contributed by atoms with Gasteiger partial charge in [-0.3, -0.25) is 0 Å². The standard InChI is InChI=1S/C18H19N3/c1-13(20-12-16-10-11-19-14(2)21-16)17-9-5-7-15-6-3-4-8-18(15)17/h3-11,13,20H,12H2,1-2H3. The van der Waals surface area contributed by atoms with Gasteiger partial charge in [0.15, 0.2) is 0 Å². The van der Waals surface area contributed by atoms with Crippen LogP contribution in [0.4, 0.5) is 0 Å². The lowest BCUT2D eigenvalue weighted by Gasteiger charge is -2.16. The largest absolute Gasteiger partial charge is 0.305 e. The van der Waals surface area contributed by atoms with Crippen molar-refractivity contribution in [2.75, 3.05) is 0 Å². The number of aromatic nitrogens is 2. The van der Waals surface area contributed by atoms with E-state index in [0.717, 1.165) is 18.1 Å². The first kappa shape index (κ1) is 13.7. The molecular weight excluding hydrogens is 258 g/mol. The van der Waals surface area contributed by atoms with E-state index in [9.17, 15) is 0 Å². The van der Waals surface area contributed by atoms with Gasteiger partial charge in [-0.1, -0.05) is 42.5 Å². The summed E-state index contributed by atoms with van der Waals surface area (Å²) in [4.78, 5) is 8.55. The molecule has 3 rings (SSSR count). The number of nitrogens with zero attached hydrogens (tertiary/aromatic N) is 2. The van der Waals surface area contributed by atoms with Crippen LogP contribution in [-0.4, -0.2) is 9.97 Å². The van der Waals surface area contributed by atoms with Crippen molar-refractivity contribution in [1.29, 1.82) is 0 Å². The summed E-state index contributed by atoms with van der Waals surface area (Å²) in [6, 6.07) is 17.2. The van der Waals surface area contributed by atoms with Gasteiger partial charge in [0.2, 0.25) is 0 Å². The highest BCUT2D eigenvalue weighted by Gasteiger charge is 2.08. The summed E-state index contributed by atoms with van der Waals surface area (Å²) in [7, 11) is 0. The molecule has 0 spiro atoms. The molecule has 1 N–H and O–H groups in total. The van der Waals surface area contributed by atoms with Gasteiger partial charge >= 0.3 is 0 Å². The molecule has 3 nitrogen and oxygen atoms in total. The molecule has 0 radical (unpaired) electrons. The second kappa shape index (κ2) is 6.02. The van der Waals surface area contributed by atoms with Crippen LogP contribution in [0.2, 0.25) is 0 Å². The predicted molar refractivity (Wildman–Crippen MR) is 86.0 cm³/mol. The van der Waals surface area contributed by atoms with E-state index in [2.05, 4.69) is 64.7 Å². The van der Waals surface area contributed by atoms with E-state index in [4.69, 9.17) is 0 Å². The van der Waals surface area contributed by atoms with E-state index in [1.807, 2.05) is 19.2 Å². The van der Waals surface area contributed by atoms with Crippen molar-refractivity contribution in [2.45, 2.75) is 26.4 Å². The average molecular weight is 277 g/mol. The molecule has 0 aliphatic carbocycles. The molecule has 0 amide bonds. The molecule has 1 atom stereocenters. The number of hydrogen-bond acceptors (Lipinski definition) is 3. The van der Waals surface area contributed by atoms with Gasteiger partial charge in [-0.15, -0.1) is 0 Å². The van der Waals surface area contributed by atoms with Crippen LogP contribution in [0, 0.1) is 6.92 Å². The summed E-state index contributed by atoms with van der Waals surface area (Å²) >= 11 is 0. The van der Waals surface area contributed by atoms with Crippen LogP contribution >= 0.6 is 0 Å². The van der Waals surface area contributed by atoms with E-state index in [0.29, 0.717) is 0 Å². The van der Waals surface area contributed by atoms with Gasteiger partial charge in [0.25, 0.3) is 0 Å². The summed E-state index contributed by atoms with van der Waals surface area (Å²) < 4.78 is 0. The number of rotatable bonds is 4. The molecule has 0 aliphatic heterocycles. The first-order valence-corrected chi connectivity index (χ1v) is 7.23. The first-order chi connectivity index (χ1) is 10.2. The van der Waals surface area contributed by atoms with Crippen molar-refractivity contribution < 1.29 is 0 Å². The van der Waals surface area contributed by atoms with Crippen LogP contribution in [-0.2, 0) is 6.54 Å². The fourth-order valence-corrected chi connectivity index (χ4v) is 2.60. The molecule has 1 unspecified atom stereocenters. The summed E-state index contributed by atoms with van der Waals surface area (Å²) in [6.45, 7) is 4.85. The van der Waals surface area contributed by atoms with Gasteiger partial charge in [0, 0.05) is 18.8 Å². The van der Waals surface area contributed by atoms with Crippen LogP contribution in [0.1, 0.15) is 30.0 Å². The normalized spacial score (nSPS) is 12.5. The van der Waals surface area contributed by atoms with Crippen LogP contribution in [0.25, 0.3) is 10.8 Å². The summed E-state index contributed by atoms with van der Waals surface area (Å²) in [6.07, 6.45) is 1.81. The Balaban J connectivity index is 1.79. The third kappa shape index (κ3) is 3.09. The van der Waals surface area contributed by atoms with Gasteiger partial charge in [0.1, 0.15) is 5.82 Å². The first-order valence-electron chi connectivity index (χ1n) is 7.23. The number of hydrogen-bond donors (Lipinski definition) is 1. The molecule has 0 saturated heterocycles. The van der Waals surface area contributed by atoms with Crippen molar-refractivity contribution in [3.63, 3.8) is 0 Å². The fourth-order valence-electron chi connectivity index (χ4n) is 2.60. The van der Waals surface area contributed by atoms with Gasteiger partial charge < -0.3 is 5.32 Å². The Labute approximate surface area is 125 Å². The van der Waals surface area contributed by atoms with Gasteiger partial charge in [-0.25, -0.2) is 9.97 Å². The Hall–Kier alpha value is -2.26. The predicted octanol–water partition coefficient (Wildman–Crippen LogP) is 3.79. The Morgan fingerprint density at radius 1 is 1.05 bits per heavy atom. The minimum atomic E-state index is 0.270. The number of fused-ring (bicyclic) bond motifs is 1. The second-order valence-electron chi connectivity index (χ2n) is 5.27. The molecule has 0 fully saturated rings. The van der Waals surface area contributed by atoms with Gasteiger partial charge in [-0.05, 0) is 36.2 Å². The van der Waals surface area contributed by atoms with Gasteiger partial charge in [-0.2, -0.15) is 0 Å². The minimum absolute atomic E-state index is 0.270. The van der Waals surface area contributed by atoms with Crippen LogP contribution in [0.15, 0.2) is 54.7 Å².